The topological polar surface area (TPSA) is 23.5 Å². The molecular weight excluding hydrogens is 430 g/mol. The number of nitrogens with zero attached hydrogens (tertiary/aromatic N) is 1. The molecular formula is C28H59NOS2. The summed E-state index contributed by atoms with van der Waals surface area (Å²) in [6, 6.07) is 0. The van der Waals surface area contributed by atoms with Crippen molar-refractivity contribution in [3.63, 3.8) is 0 Å². The number of hydrogen-bond acceptors (Lipinski definition) is 4. The maximum atomic E-state index is 10.00. The summed E-state index contributed by atoms with van der Waals surface area (Å²) in [6.07, 6.45) is 30.9. The minimum absolute atomic E-state index is 0.767. The molecule has 1 N–H and O–H groups in total. The molecule has 0 aromatic rings. The van der Waals surface area contributed by atoms with Crippen LogP contribution in [0.1, 0.15) is 155 Å². The second-order valence-electron chi connectivity index (χ2n) is 9.65. The molecule has 0 aromatic heterocycles. The van der Waals surface area contributed by atoms with E-state index in [-0.39, 0.29) is 0 Å². The zero-order chi connectivity index (χ0) is 23.4. The number of unbranched alkanes of at least 4 members (excludes halogenated alkanes) is 20. The lowest BCUT2D eigenvalue weighted by Gasteiger charge is -2.13. The van der Waals surface area contributed by atoms with Crippen LogP contribution in [0.25, 0.3) is 0 Å². The zero-order valence-corrected chi connectivity index (χ0v) is 23.7. The third-order valence-corrected chi connectivity index (χ3v) is 8.38. The van der Waals surface area contributed by atoms with Crippen LogP contribution in [0, 0.1) is 0 Å². The number of thioether (sulfide) groups is 2. The van der Waals surface area contributed by atoms with Crippen molar-refractivity contribution in [2.45, 2.75) is 155 Å². The highest BCUT2D eigenvalue weighted by molar-refractivity contribution is 8.00. The van der Waals surface area contributed by atoms with E-state index < -0.39 is 0 Å². The van der Waals surface area contributed by atoms with Crippen molar-refractivity contribution in [1.82, 2.24) is 5.06 Å². The summed E-state index contributed by atoms with van der Waals surface area (Å²) >= 11 is 3.78. The predicted octanol–water partition coefficient (Wildman–Crippen LogP) is 10.7. The summed E-state index contributed by atoms with van der Waals surface area (Å²) in [5.74, 6) is 3.92. The van der Waals surface area contributed by atoms with Crippen molar-refractivity contribution < 1.29 is 5.21 Å². The van der Waals surface area contributed by atoms with Gasteiger partial charge >= 0.3 is 0 Å². The van der Waals surface area contributed by atoms with Gasteiger partial charge in [-0.2, -0.15) is 5.06 Å². The third kappa shape index (κ3) is 28.7. The standard InChI is InChI=1S/C28H59NOS2/c1-3-5-7-9-11-13-15-17-19-21-23-25-31-27-29(30)28-32-26-24-22-20-18-16-14-12-10-8-6-4-2/h30H,3-28H2,1-2H3. The van der Waals surface area contributed by atoms with E-state index in [9.17, 15) is 5.21 Å². The molecule has 0 aliphatic rings. The van der Waals surface area contributed by atoms with Crippen molar-refractivity contribution in [2.75, 3.05) is 23.3 Å². The minimum atomic E-state index is 0.767. The van der Waals surface area contributed by atoms with E-state index in [1.54, 1.807) is 0 Å². The maximum Gasteiger partial charge on any atom is 0.0703 e. The van der Waals surface area contributed by atoms with Gasteiger partial charge in [-0.05, 0) is 24.3 Å². The van der Waals surface area contributed by atoms with Crippen molar-refractivity contribution in [2.24, 2.45) is 0 Å². The molecule has 0 aromatic carbocycles. The first kappa shape index (κ1) is 32.6. The van der Waals surface area contributed by atoms with Crippen LogP contribution >= 0.6 is 23.5 Å². The Morgan fingerprint density at radius 3 is 0.938 bits per heavy atom. The largest absolute Gasteiger partial charge is 0.312 e. The lowest BCUT2D eigenvalue weighted by molar-refractivity contribution is -0.0516. The normalized spacial score (nSPS) is 11.6. The van der Waals surface area contributed by atoms with E-state index >= 15 is 0 Å². The van der Waals surface area contributed by atoms with E-state index in [0.717, 1.165) is 11.8 Å². The molecule has 4 heteroatoms. The molecule has 0 heterocycles. The van der Waals surface area contributed by atoms with Gasteiger partial charge in [0.25, 0.3) is 0 Å². The van der Waals surface area contributed by atoms with Crippen molar-refractivity contribution in [1.29, 1.82) is 0 Å². The molecule has 194 valence electrons. The van der Waals surface area contributed by atoms with E-state index in [1.807, 2.05) is 23.5 Å². The van der Waals surface area contributed by atoms with Crippen LogP contribution < -0.4 is 0 Å². The highest BCUT2D eigenvalue weighted by atomic mass is 32.2. The highest BCUT2D eigenvalue weighted by Gasteiger charge is 2.01. The van der Waals surface area contributed by atoms with E-state index in [0.29, 0.717) is 0 Å². The molecule has 0 aliphatic carbocycles. The fraction of sp³-hybridized carbons (Fsp3) is 1.00. The highest BCUT2D eigenvalue weighted by Crippen LogP contribution is 2.16. The van der Waals surface area contributed by atoms with Gasteiger partial charge in [0.2, 0.25) is 0 Å². The fourth-order valence-electron chi connectivity index (χ4n) is 4.11. The van der Waals surface area contributed by atoms with Gasteiger partial charge in [-0.15, -0.1) is 23.5 Å². The molecule has 0 spiro atoms. The molecule has 0 rings (SSSR count). The van der Waals surface area contributed by atoms with Gasteiger partial charge in [-0.3, -0.25) is 0 Å². The van der Waals surface area contributed by atoms with Crippen molar-refractivity contribution in [3.05, 3.63) is 0 Å². The molecule has 0 aliphatic heterocycles. The first-order chi connectivity index (χ1) is 15.8. The molecule has 0 amide bonds. The van der Waals surface area contributed by atoms with Crippen LogP contribution in [0.5, 0.6) is 0 Å². The summed E-state index contributed by atoms with van der Waals surface area (Å²) in [4.78, 5) is 0. The zero-order valence-electron chi connectivity index (χ0n) is 22.1. The quantitative estimate of drug-likeness (QED) is 0.0670. The number of hydroxylamine groups is 2. The Hall–Kier alpha value is 0.620. The van der Waals surface area contributed by atoms with Gasteiger partial charge in [-0.1, -0.05) is 142 Å². The van der Waals surface area contributed by atoms with Gasteiger partial charge in [0.1, 0.15) is 0 Å². The molecule has 0 saturated heterocycles. The van der Waals surface area contributed by atoms with Crippen LogP contribution in [0.3, 0.4) is 0 Å². The first-order valence-electron chi connectivity index (χ1n) is 14.4. The van der Waals surface area contributed by atoms with Crippen LogP contribution in [-0.2, 0) is 0 Å². The summed E-state index contributed by atoms with van der Waals surface area (Å²) in [5.41, 5.74) is 0. The SMILES string of the molecule is CCCCCCCCCCCCCSCN(O)CSCCCCCCCCCCCCC. The first-order valence-corrected chi connectivity index (χ1v) is 16.7. The Morgan fingerprint density at radius 2 is 0.656 bits per heavy atom. The van der Waals surface area contributed by atoms with Crippen LogP contribution in [0.4, 0.5) is 0 Å². The van der Waals surface area contributed by atoms with Gasteiger partial charge in [-0.25, -0.2) is 0 Å². The van der Waals surface area contributed by atoms with Crippen LogP contribution in [0.15, 0.2) is 0 Å². The van der Waals surface area contributed by atoms with Gasteiger partial charge < -0.3 is 5.21 Å². The maximum absolute atomic E-state index is 10.00. The summed E-state index contributed by atoms with van der Waals surface area (Å²) in [5, 5.41) is 11.5. The Bertz CT molecular complexity index is 301. The molecule has 32 heavy (non-hydrogen) atoms. The molecule has 0 fully saturated rings. The fourth-order valence-corrected chi connectivity index (χ4v) is 5.91. The van der Waals surface area contributed by atoms with Gasteiger partial charge in [0, 0.05) is 0 Å². The molecule has 0 bridgehead atoms. The van der Waals surface area contributed by atoms with Gasteiger partial charge in [0.05, 0.1) is 11.8 Å². The molecule has 0 radical (unpaired) electrons. The van der Waals surface area contributed by atoms with Crippen molar-refractivity contribution in [3.8, 4) is 0 Å². The second kappa shape index (κ2) is 29.7. The number of rotatable bonds is 28. The lowest BCUT2D eigenvalue weighted by atomic mass is 10.1. The second-order valence-corrected chi connectivity index (χ2v) is 11.8. The molecule has 0 atom stereocenters. The molecule has 2 nitrogen and oxygen atoms in total. The minimum Gasteiger partial charge on any atom is -0.312 e. The predicted molar refractivity (Wildman–Crippen MR) is 151 cm³/mol. The van der Waals surface area contributed by atoms with E-state index in [2.05, 4.69) is 13.8 Å². The summed E-state index contributed by atoms with van der Waals surface area (Å²) in [6.45, 7) is 4.58. The Labute approximate surface area is 211 Å². The smallest absolute Gasteiger partial charge is 0.0703 e. The van der Waals surface area contributed by atoms with E-state index in [1.165, 1.54) is 158 Å². The Morgan fingerprint density at radius 1 is 0.406 bits per heavy atom. The Kier molecular flexibility index (Phi) is 30.2. The third-order valence-electron chi connectivity index (χ3n) is 6.27. The molecule has 0 unspecified atom stereocenters. The van der Waals surface area contributed by atoms with Crippen molar-refractivity contribution >= 4 is 23.5 Å². The monoisotopic (exact) mass is 489 g/mol. The number of hydrogen-bond donors (Lipinski definition) is 1. The average molecular weight is 490 g/mol. The van der Waals surface area contributed by atoms with Crippen LogP contribution in [-0.4, -0.2) is 33.5 Å². The molecule has 0 saturated carbocycles. The van der Waals surface area contributed by atoms with E-state index in [4.69, 9.17) is 0 Å². The summed E-state index contributed by atoms with van der Waals surface area (Å²) in [7, 11) is 0. The Balaban J connectivity index is 3.13. The van der Waals surface area contributed by atoms with Gasteiger partial charge in [0.15, 0.2) is 0 Å². The summed E-state index contributed by atoms with van der Waals surface area (Å²) < 4.78 is 0. The average Bonchev–Trinajstić information content (AvgIpc) is 2.80. The van der Waals surface area contributed by atoms with Crippen LogP contribution in [0.2, 0.25) is 0 Å². The lowest BCUT2D eigenvalue weighted by Crippen LogP contribution is -2.18.